The molecular weight excluding hydrogens is 446 g/mol. The molecule has 0 bridgehead atoms. The van der Waals surface area contributed by atoms with Gasteiger partial charge in [-0.15, -0.1) is 0 Å². The highest BCUT2D eigenvalue weighted by molar-refractivity contribution is 8.15. The molecule has 3 heterocycles. The molecule has 5 rings (SSSR count). The fourth-order valence-electron chi connectivity index (χ4n) is 4.24. The van der Waals surface area contributed by atoms with Gasteiger partial charge >= 0.3 is 0 Å². The Morgan fingerprint density at radius 2 is 2.13 bits per heavy atom. The van der Waals surface area contributed by atoms with Gasteiger partial charge in [0.05, 0.1) is 21.9 Å². The number of aliphatic hydroxyl groups excluding tert-OH is 1. The molecule has 1 fully saturated rings. The minimum atomic E-state index is -1.49. The van der Waals surface area contributed by atoms with Crippen LogP contribution in [0, 0.1) is 11.7 Å². The minimum Gasteiger partial charge on any atom is -0.395 e. The highest BCUT2D eigenvalue weighted by Gasteiger charge is 2.68. The fraction of sp³-hybridized carbons (Fsp3) is 0.300. The molecule has 0 amide bonds. The molecule has 7 nitrogen and oxygen atoms in total. The number of benzene rings is 1. The van der Waals surface area contributed by atoms with Crippen molar-refractivity contribution in [1.82, 2.24) is 15.0 Å². The van der Waals surface area contributed by atoms with Crippen molar-refractivity contribution >= 4 is 51.1 Å². The molecule has 1 aliphatic carbocycles. The summed E-state index contributed by atoms with van der Waals surface area (Å²) in [6.07, 6.45) is 3.34. The number of nitrogens with one attached hydrogen (secondary N) is 1. The number of halogens is 3. The topological polar surface area (TPSA) is 109 Å². The molecule has 0 unspecified atom stereocenters. The molecule has 2 aliphatic rings. The Hall–Kier alpha value is -2.56. The van der Waals surface area contributed by atoms with E-state index in [0.29, 0.717) is 34.0 Å². The second-order valence-corrected chi connectivity index (χ2v) is 9.52. The van der Waals surface area contributed by atoms with Crippen molar-refractivity contribution in [1.29, 1.82) is 0 Å². The zero-order valence-corrected chi connectivity index (χ0v) is 17.6. The van der Waals surface area contributed by atoms with Crippen molar-refractivity contribution in [3.63, 3.8) is 0 Å². The second kappa shape index (κ2) is 7.25. The molecule has 1 aliphatic heterocycles. The largest absolute Gasteiger partial charge is 0.395 e. The predicted octanol–water partition coefficient (Wildman–Crippen LogP) is 3.54. The van der Waals surface area contributed by atoms with Crippen LogP contribution in [0.1, 0.15) is 12.0 Å². The van der Waals surface area contributed by atoms with Gasteiger partial charge in [-0.2, -0.15) is 0 Å². The monoisotopic (exact) mass is 462 g/mol. The Kier molecular flexibility index (Phi) is 4.76. The van der Waals surface area contributed by atoms with Gasteiger partial charge in [0.1, 0.15) is 29.9 Å². The second-order valence-electron chi connectivity index (χ2n) is 7.65. The number of aliphatic imine (C=N–C) groups is 1. The molecule has 0 spiro atoms. The van der Waals surface area contributed by atoms with Crippen LogP contribution in [0.2, 0.25) is 5.02 Å². The number of aliphatic hydroxyl groups is 1. The van der Waals surface area contributed by atoms with Crippen molar-refractivity contribution < 1.29 is 13.9 Å². The molecule has 4 N–H and O–H groups in total. The Bertz CT molecular complexity index is 1230. The van der Waals surface area contributed by atoms with Gasteiger partial charge in [0, 0.05) is 23.4 Å². The predicted molar refractivity (Wildman–Crippen MR) is 117 cm³/mol. The Balaban J connectivity index is 1.57. The van der Waals surface area contributed by atoms with E-state index >= 15 is 0 Å². The number of aromatic nitrogens is 3. The number of amidine groups is 1. The van der Waals surface area contributed by atoms with Crippen molar-refractivity contribution in [2.75, 3.05) is 18.6 Å². The number of hydrogen-bond acceptors (Lipinski definition) is 8. The van der Waals surface area contributed by atoms with Crippen LogP contribution in [-0.4, -0.2) is 43.3 Å². The summed E-state index contributed by atoms with van der Waals surface area (Å²) in [6, 6.07) is 5.93. The van der Waals surface area contributed by atoms with Crippen molar-refractivity contribution in [2.24, 2.45) is 16.6 Å². The van der Waals surface area contributed by atoms with Gasteiger partial charge in [0.25, 0.3) is 0 Å². The zero-order valence-electron chi connectivity index (χ0n) is 16.0. The van der Waals surface area contributed by atoms with Gasteiger partial charge < -0.3 is 16.2 Å². The number of anilines is 2. The average Bonchev–Trinajstić information content (AvgIpc) is 3.50. The van der Waals surface area contributed by atoms with Crippen molar-refractivity contribution in [2.45, 2.75) is 16.7 Å². The van der Waals surface area contributed by atoms with E-state index in [2.05, 4.69) is 25.3 Å². The van der Waals surface area contributed by atoms with E-state index in [1.165, 1.54) is 42.5 Å². The molecule has 160 valence electrons. The van der Waals surface area contributed by atoms with E-state index in [1.54, 1.807) is 6.07 Å². The van der Waals surface area contributed by atoms with E-state index in [0.717, 1.165) is 0 Å². The lowest BCUT2D eigenvalue weighted by Gasteiger charge is -2.34. The first kappa shape index (κ1) is 20.3. The Labute approximate surface area is 185 Å². The molecule has 1 aromatic carbocycles. The molecule has 3 aromatic rings. The van der Waals surface area contributed by atoms with Gasteiger partial charge in [-0.1, -0.05) is 23.4 Å². The van der Waals surface area contributed by atoms with E-state index in [9.17, 15) is 13.9 Å². The first-order chi connectivity index (χ1) is 14.9. The van der Waals surface area contributed by atoms with Crippen LogP contribution in [-0.2, 0) is 5.54 Å². The lowest BCUT2D eigenvalue weighted by molar-refractivity contribution is 0.231. The number of hydrogen-bond donors (Lipinski definition) is 3. The molecule has 11 heteroatoms. The highest BCUT2D eigenvalue weighted by atomic mass is 35.5. The third kappa shape index (κ3) is 3.20. The quantitative estimate of drug-likeness (QED) is 0.532. The first-order valence-electron chi connectivity index (χ1n) is 9.45. The number of nitrogens with zero attached hydrogens (tertiary/aromatic N) is 4. The maximum absolute atomic E-state index is 14.9. The first-order valence-corrected chi connectivity index (χ1v) is 10.6. The number of rotatable bonds is 5. The third-order valence-corrected chi connectivity index (χ3v) is 7.32. The van der Waals surface area contributed by atoms with Crippen LogP contribution >= 0.6 is 23.4 Å². The maximum Gasteiger partial charge on any atom is 0.160 e. The summed E-state index contributed by atoms with van der Waals surface area (Å²) in [4.78, 5) is 17.0. The summed E-state index contributed by atoms with van der Waals surface area (Å²) in [5.74, 6) is -0.560. The SMILES string of the molecule is NC1=N[C@](CF)(c2cc(Nc3ncnc4cc(Cl)cnc34)ccc2F)[C@@H]2C[C@]2(CO)S1. The van der Waals surface area contributed by atoms with Gasteiger partial charge in [-0.25, -0.2) is 28.7 Å². The number of nitrogens with two attached hydrogens (primary N) is 1. The summed E-state index contributed by atoms with van der Waals surface area (Å²) < 4.78 is 28.8. The van der Waals surface area contributed by atoms with Crippen molar-refractivity contribution in [3.05, 3.63) is 53.2 Å². The number of pyridine rings is 1. The lowest BCUT2D eigenvalue weighted by Crippen LogP contribution is -2.41. The van der Waals surface area contributed by atoms with Gasteiger partial charge in [-0.3, -0.25) is 0 Å². The van der Waals surface area contributed by atoms with Gasteiger partial charge in [0.2, 0.25) is 0 Å². The normalized spacial score (nSPS) is 27.0. The summed E-state index contributed by atoms with van der Waals surface area (Å²) in [6.45, 7) is -1.11. The Morgan fingerprint density at radius 3 is 2.90 bits per heavy atom. The van der Waals surface area contributed by atoms with Crippen LogP contribution in [0.15, 0.2) is 41.8 Å². The molecule has 31 heavy (non-hydrogen) atoms. The molecular formula is C20H17ClF2N6OS. The van der Waals surface area contributed by atoms with E-state index in [1.807, 2.05) is 0 Å². The van der Waals surface area contributed by atoms with E-state index in [4.69, 9.17) is 17.3 Å². The summed E-state index contributed by atoms with van der Waals surface area (Å²) in [7, 11) is 0. The van der Waals surface area contributed by atoms with E-state index < -0.39 is 22.8 Å². The number of thioether (sulfide) groups is 1. The van der Waals surface area contributed by atoms with Crippen LogP contribution in [0.5, 0.6) is 0 Å². The maximum atomic E-state index is 14.9. The molecule has 0 saturated heterocycles. The van der Waals surface area contributed by atoms with Crippen LogP contribution in [0.4, 0.5) is 20.3 Å². The molecule has 3 atom stereocenters. The zero-order chi connectivity index (χ0) is 21.8. The van der Waals surface area contributed by atoms with Crippen molar-refractivity contribution in [3.8, 4) is 0 Å². The summed E-state index contributed by atoms with van der Waals surface area (Å²) in [5.41, 5.74) is 6.04. The van der Waals surface area contributed by atoms with Crippen LogP contribution in [0.3, 0.4) is 0 Å². The lowest BCUT2D eigenvalue weighted by atomic mass is 9.84. The van der Waals surface area contributed by atoms with Gasteiger partial charge in [-0.05, 0) is 30.7 Å². The van der Waals surface area contributed by atoms with Gasteiger partial charge in [0.15, 0.2) is 11.0 Å². The number of alkyl halides is 1. The number of fused-ring (bicyclic) bond motifs is 2. The minimum absolute atomic E-state index is 0.0814. The Morgan fingerprint density at radius 1 is 1.29 bits per heavy atom. The third-order valence-electron chi connectivity index (χ3n) is 5.83. The summed E-state index contributed by atoms with van der Waals surface area (Å²) in [5, 5.41) is 13.5. The smallest absolute Gasteiger partial charge is 0.160 e. The molecule has 1 saturated carbocycles. The molecule has 0 radical (unpaired) electrons. The van der Waals surface area contributed by atoms with E-state index in [-0.39, 0.29) is 23.3 Å². The standard InChI is InChI=1S/C20H17ClF2N6OS/c21-10-3-14-16(25-6-10)17(27-9-26-14)28-11-1-2-13(23)12(4-11)20(7-22)15-5-19(15,8-30)31-18(24)29-20/h1-4,6,9,15,30H,5,7-8H2,(H2,24,29)(H,26,27,28)/t15-,19-,20-/m1/s1. The summed E-state index contributed by atoms with van der Waals surface area (Å²) >= 11 is 7.20. The van der Waals surface area contributed by atoms with Crippen LogP contribution in [0.25, 0.3) is 11.0 Å². The van der Waals surface area contributed by atoms with Crippen LogP contribution < -0.4 is 11.1 Å². The fourth-order valence-corrected chi connectivity index (χ4v) is 5.67. The average molecular weight is 463 g/mol. The highest BCUT2D eigenvalue weighted by Crippen LogP contribution is 2.65. The molecule has 2 aromatic heterocycles.